The number of ketones is 1. The first-order valence-electron chi connectivity index (χ1n) is 14.5. The van der Waals surface area contributed by atoms with Gasteiger partial charge in [-0.15, -0.1) is 0 Å². The second kappa shape index (κ2) is 6.72. The van der Waals surface area contributed by atoms with Gasteiger partial charge in [0.25, 0.3) is 0 Å². The predicted molar refractivity (Wildman–Crippen MR) is 135 cm³/mol. The standard InChI is InChI=1S/C31H50O3/c1-25(2)20-9-14-27(5)19-30-17-10-21-26(3,4)24(33-8)13-16-29(21,7)31(30,34-30)18-11-22(27)28(20,6)15-12-23(25)32/h20-22,24H,9-19H2,1-8H3/t20-,21+,22+,24+,27+,28+,29+,30-,31-/m1/s1. The normalized spacial score (nSPS) is 57.2. The minimum absolute atomic E-state index is 0.0606. The maximum absolute atomic E-state index is 13.0. The zero-order chi connectivity index (χ0) is 24.6. The van der Waals surface area contributed by atoms with Crippen LogP contribution in [0.5, 0.6) is 0 Å². The molecule has 5 saturated carbocycles. The molecule has 1 heterocycles. The van der Waals surface area contributed by atoms with Crippen molar-refractivity contribution in [2.24, 2.45) is 44.8 Å². The van der Waals surface area contributed by atoms with Crippen LogP contribution in [-0.2, 0) is 14.3 Å². The van der Waals surface area contributed by atoms with Crippen molar-refractivity contribution in [3.05, 3.63) is 0 Å². The first-order chi connectivity index (χ1) is 15.7. The van der Waals surface area contributed by atoms with Crippen LogP contribution < -0.4 is 0 Å². The van der Waals surface area contributed by atoms with Gasteiger partial charge in [-0.3, -0.25) is 4.79 Å². The van der Waals surface area contributed by atoms with Crippen molar-refractivity contribution in [2.75, 3.05) is 7.11 Å². The van der Waals surface area contributed by atoms with Gasteiger partial charge in [-0.05, 0) is 98.2 Å². The molecule has 3 nitrogen and oxygen atoms in total. The van der Waals surface area contributed by atoms with Gasteiger partial charge >= 0.3 is 0 Å². The van der Waals surface area contributed by atoms with Crippen LogP contribution in [-0.4, -0.2) is 30.2 Å². The monoisotopic (exact) mass is 470 g/mol. The minimum Gasteiger partial charge on any atom is -0.381 e. The van der Waals surface area contributed by atoms with Crippen molar-refractivity contribution in [3.8, 4) is 0 Å². The molecular weight excluding hydrogens is 420 g/mol. The summed E-state index contributed by atoms with van der Waals surface area (Å²) >= 11 is 0. The number of hydrogen-bond acceptors (Lipinski definition) is 3. The molecule has 192 valence electrons. The predicted octanol–water partition coefficient (Wildman–Crippen LogP) is 7.36. The summed E-state index contributed by atoms with van der Waals surface area (Å²) in [4.78, 5) is 13.0. The second-order valence-corrected chi connectivity index (χ2v) is 15.7. The highest BCUT2D eigenvalue weighted by Gasteiger charge is 2.83. The van der Waals surface area contributed by atoms with Crippen molar-refractivity contribution in [2.45, 2.75) is 136 Å². The zero-order valence-corrected chi connectivity index (χ0v) is 23.3. The number of carbonyl (C=O) groups excluding carboxylic acids is 1. The second-order valence-electron chi connectivity index (χ2n) is 15.7. The lowest BCUT2D eigenvalue weighted by Crippen LogP contribution is -2.60. The Kier molecular flexibility index (Phi) is 4.73. The van der Waals surface area contributed by atoms with E-state index in [1.54, 1.807) is 0 Å². The van der Waals surface area contributed by atoms with Crippen LogP contribution in [0.1, 0.15) is 119 Å². The van der Waals surface area contributed by atoms with E-state index in [4.69, 9.17) is 9.47 Å². The SMILES string of the molecule is CO[C@H]1CC[C@@]2(C)[C@@H](CC[C@@]34C[C@]5(C)CC[C@@H]6C(C)(C)C(=O)CC[C@]6(C)[C@H]5CC[C@]32O4)C1(C)C. The fraction of sp³-hybridized carbons (Fsp3) is 0.968. The largest absolute Gasteiger partial charge is 0.381 e. The number of rotatable bonds is 1. The highest BCUT2D eigenvalue weighted by molar-refractivity contribution is 5.85. The van der Waals surface area contributed by atoms with Crippen molar-refractivity contribution in [3.63, 3.8) is 0 Å². The molecule has 6 rings (SSSR count). The van der Waals surface area contributed by atoms with Crippen molar-refractivity contribution in [1.29, 1.82) is 0 Å². The average molecular weight is 471 g/mol. The van der Waals surface area contributed by atoms with E-state index in [2.05, 4.69) is 48.5 Å². The molecule has 3 heteroatoms. The molecule has 0 unspecified atom stereocenters. The summed E-state index contributed by atoms with van der Waals surface area (Å²) in [5.74, 6) is 2.42. The van der Waals surface area contributed by atoms with Gasteiger partial charge in [-0.25, -0.2) is 0 Å². The van der Waals surface area contributed by atoms with Crippen molar-refractivity contribution in [1.82, 2.24) is 0 Å². The minimum atomic E-state index is -0.164. The smallest absolute Gasteiger partial charge is 0.138 e. The van der Waals surface area contributed by atoms with E-state index in [1.807, 2.05) is 7.11 Å². The Morgan fingerprint density at radius 2 is 1.47 bits per heavy atom. The van der Waals surface area contributed by atoms with Crippen LogP contribution in [0.25, 0.3) is 0 Å². The number of hydrogen-bond donors (Lipinski definition) is 0. The number of carbonyl (C=O) groups is 1. The highest BCUT2D eigenvalue weighted by atomic mass is 16.6. The van der Waals surface area contributed by atoms with Gasteiger partial charge in [-0.2, -0.15) is 0 Å². The quantitative estimate of drug-likeness (QED) is 0.376. The lowest BCUT2D eigenvalue weighted by atomic mass is 9.42. The molecule has 6 aliphatic rings. The Morgan fingerprint density at radius 1 is 0.794 bits per heavy atom. The van der Waals surface area contributed by atoms with E-state index in [9.17, 15) is 4.79 Å². The van der Waals surface area contributed by atoms with Crippen LogP contribution in [0, 0.1) is 44.8 Å². The molecule has 6 fully saturated rings. The van der Waals surface area contributed by atoms with Gasteiger partial charge < -0.3 is 9.47 Å². The number of methoxy groups -OCH3 is 1. The first kappa shape index (κ1) is 24.0. The summed E-state index contributed by atoms with van der Waals surface area (Å²) in [6.07, 6.45) is 13.4. The molecule has 5 aliphatic carbocycles. The maximum Gasteiger partial charge on any atom is 0.138 e. The fourth-order valence-corrected chi connectivity index (χ4v) is 12.4. The summed E-state index contributed by atoms with van der Waals surface area (Å²) in [6.45, 7) is 17.3. The van der Waals surface area contributed by atoms with Crippen LogP contribution >= 0.6 is 0 Å². The van der Waals surface area contributed by atoms with Crippen LogP contribution in [0.15, 0.2) is 0 Å². The Bertz CT molecular complexity index is 906. The van der Waals surface area contributed by atoms with Gasteiger partial charge in [0, 0.05) is 24.4 Å². The Hall–Kier alpha value is -0.410. The topological polar surface area (TPSA) is 38.8 Å². The molecule has 0 aromatic rings. The van der Waals surface area contributed by atoms with E-state index in [-0.39, 0.29) is 32.9 Å². The molecule has 0 radical (unpaired) electrons. The third-order valence-corrected chi connectivity index (χ3v) is 13.9. The Labute approximate surface area is 208 Å². The van der Waals surface area contributed by atoms with E-state index in [0.717, 1.165) is 19.3 Å². The lowest BCUT2D eigenvalue weighted by Gasteiger charge is -2.62. The van der Waals surface area contributed by atoms with Crippen molar-refractivity contribution < 1.29 is 14.3 Å². The molecule has 0 spiro atoms. The van der Waals surface area contributed by atoms with E-state index >= 15 is 0 Å². The average Bonchev–Trinajstić information content (AvgIpc) is 3.41. The van der Waals surface area contributed by atoms with Crippen molar-refractivity contribution >= 4 is 5.78 Å². The number of fused-ring (bicyclic) bond motifs is 4. The van der Waals surface area contributed by atoms with Crippen LogP contribution in [0.4, 0.5) is 0 Å². The molecule has 1 aliphatic heterocycles. The van der Waals surface area contributed by atoms with Gasteiger partial charge in [0.15, 0.2) is 0 Å². The first-order valence-corrected chi connectivity index (χ1v) is 14.5. The van der Waals surface area contributed by atoms with E-state index in [1.165, 1.54) is 51.4 Å². The van der Waals surface area contributed by atoms with Gasteiger partial charge in [-0.1, -0.05) is 48.5 Å². The number of ether oxygens (including phenoxy) is 2. The maximum atomic E-state index is 13.0. The molecule has 0 amide bonds. The zero-order valence-electron chi connectivity index (χ0n) is 23.3. The van der Waals surface area contributed by atoms with E-state index < -0.39 is 0 Å². The molecule has 1 saturated heterocycles. The summed E-state index contributed by atoms with van der Waals surface area (Å²) in [5.41, 5.74) is 1.06. The highest BCUT2D eigenvalue weighted by Crippen LogP contribution is 2.80. The summed E-state index contributed by atoms with van der Waals surface area (Å²) in [7, 11) is 1.92. The molecule has 0 N–H and O–H groups in total. The molecule has 0 aromatic heterocycles. The third kappa shape index (κ3) is 2.55. The van der Waals surface area contributed by atoms with Gasteiger partial charge in [0.2, 0.25) is 0 Å². The molecule has 9 atom stereocenters. The van der Waals surface area contributed by atoms with Crippen LogP contribution in [0.2, 0.25) is 0 Å². The summed E-state index contributed by atoms with van der Waals surface area (Å²) in [5, 5.41) is 0. The van der Waals surface area contributed by atoms with Crippen LogP contribution in [0.3, 0.4) is 0 Å². The number of epoxide rings is 1. The van der Waals surface area contributed by atoms with Gasteiger partial charge in [0.1, 0.15) is 11.4 Å². The summed E-state index contributed by atoms with van der Waals surface area (Å²) < 4.78 is 13.2. The van der Waals surface area contributed by atoms with Gasteiger partial charge in [0.05, 0.1) is 11.7 Å². The Morgan fingerprint density at radius 3 is 2.18 bits per heavy atom. The summed E-state index contributed by atoms with van der Waals surface area (Å²) in [6, 6.07) is 0. The van der Waals surface area contributed by atoms with E-state index in [0.29, 0.717) is 35.1 Å². The lowest BCUT2D eigenvalue weighted by molar-refractivity contribution is -0.163. The third-order valence-electron chi connectivity index (χ3n) is 13.9. The number of Topliss-reactive ketones (excluding diaryl/α,β-unsaturated/α-hetero) is 1. The molecular formula is C31H50O3. The molecule has 0 bridgehead atoms. The Balaban J connectivity index is 1.38. The fourth-order valence-electron chi connectivity index (χ4n) is 12.4. The molecule has 0 aromatic carbocycles. The molecule has 34 heavy (non-hydrogen) atoms.